The van der Waals surface area contributed by atoms with Gasteiger partial charge in [-0.3, -0.25) is 0 Å². The normalized spacial score (nSPS) is 26.2. The highest BCUT2D eigenvalue weighted by atomic mass is 28.3. The largest absolute Gasteiger partial charge is 0.373 e. The Labute approximate surface area is 141 Å². The van der Waals surface area contributed by atoms with Crippen molar-refractivity contribution in [1.29, 1.82) is 0 Å². The lowest BCUT2D eigenvalue weighted by atomic mass is 9.97. The van der Waals surface area contributed by atoms with Crippen molar-refractivity contribution in [2.24, 2.45) is 10.6 Å². The lowest BCUT2D eigenvalue weighted by molar-refractivity contribution is 0.128. The molecule has 1 aliphatic carbocycles. The minimum Gasteiger partial charge on any atom is -0.373 e. The van der Waals surface area contributed by atoms with Crippen LogP contribution < -0.4 is 0 Å². The molecule has 1 aliphatic heterocycles. The molecule has 0 saturated carbocycles. The molecule has 2 nitrogen and oxygen atoms in total. The second-order valence-electron chi connectivity index (χ2n) is 6.92. The molecule has 2 unspecified atom stereocenters. The minimum atomic E-state index is -1.51. The van der Waals surface area contributed by atoms with Crippen molar-refractivity contribution >= 4 is 19.5 Å². The number of rotatable bonds is 5. The smallest absolute Gasteiger partial charge is 0.180 e. The number of hydrogen-bond donors (Lipinski definition) is 0. The molecular weight excluding hydrogens is 298 g/mol. The molecule has 0 N–H and O–H groups in total. The number of ether oxygens (including phenoxy) is 1. The maximum absolute atomic E-state index is 5.93. The Bertz CT molecular complexity index is 608. The maximum atomic E-state index is 5.93. The summed E-state index contributed by atoms with van der Waals surface area (Å²) in [5, 5.41) is 0. The highest BCUT2D eigenvalue weighted by Crippen LogP contribution is 2.44. The summed E-state index contributed by atoms with van der Waals surface area (Å²) in [5.41, 5.74) is 5.62. The monoisotopic (exact) mass is 327 g/mol. The first kappa shape index (κ1) is 16.7. The van der Waals surface area contributed by atoms with Crippen LogP contribution in [0.4, 0.5) is 0 Å². The summed E-state index contributed by atoms with van der Waals surface area (Å²) in [5.74, 6) is 0.552. The molecule has 0 radical (unpaired) electrons. The summed E-state index contributed by atoms with van der Waals surface area (Å²) in [6.07, 6.45) is 1.32. The minimum absolute atomic E-state index is 0.240. The van der Waals surface area contributed by atoms with Crippen molar-refractivity contribution in [2.45, 2.75) is 58.4 Å². The first-order valence-corrected chi connectivity index (χ1v) is 11.7. The summed E-state index contributed by atoms with van der Waals surface area (Å²) in [7, 11) is -1.51. The molecule has 23 heavy (non-hydrogen) atoms. The topological polar surface area (TPSA) is 21.6 Å². The van der Waals surface area contributed by atoms with Gasteiger partial charge in [-0.05, 0) is 42.6 Å². The van der Waals surface area contributed by atoms with Gasteiger partial charge in [0.25, 0.3) is 0 Å². The fourth-order valence-corrected chi connectivity index (χ4v) is 6.91. The Morgan fingerprint density at radius 3 is 2.35 bits per heavy atom. The van der Waals surface area contributed by atoms with E-state index < -0.39 is 8.24 Å². The highest BCUT2D eigenvalue weighted by molar-refractivity contribution is 6.79. The molecule has 2 atom stereocenters. The summed E-state index contributed by atoms with van der Waals surface area (Å²) in [4.78, 5) is 0. The van der Waals surface area contributed by atoms with Crippen LogP contribution in [-0.2, 0) is 4.74 Å². The summed E-state index contributed by atoms with van der Waals surface area (Å²) < 4.78 is 11.4. The third kappa shape index (κ3) is 2.97. The average Bonchev–Trinajstić information content (AvgIpc) is 3.13. The first-order valence-electron chi connectivity index (χ1n) is 9.14. The van der Waals surface area contributed by atoms with Crippen molar-refractivity contribution in [3.8, 4) is 0 Å². The van der Waals surface area contributed by atoms with Crippen molar-refractivity contribution in [2.75, 3.05) is 6.61 Å². The van der Waals surface area contributed by atoms with Crippen LogP contribution in [0.1, 0.15) is 39.7 Å². The molecule has 1 aromatic rings. The number of allylic oxidation sites excluding steroid dienone is 1. The number of hydrogen-bond acceptors (Lipinski definition) is 2. The molecule has 1 heterocycles. The van der Waals surface area contributed by atoms with E-state index in [1.807, 2.05) is 0 Å². The zero-order chi connectivity index (χ0) is 16.4. The van der Waals surface area contributed by atoms with Gasteiger partial charge in [-0.2, -0.15) is 0 Å². The molecule has 0 bridgehead atoms. The second kappa shape index (κ2) is 6.74. The van der Waals surface area contributed by atoms with E-state index in [4.69, 9.17) is 9.39 Å². The molecule has 124 valence electrons. The van der Waals surface area contributed by atoms with Crippen molar-refractivity contribution in [3.05, 3.63) is 41.5 Å². The Morgan fingerprint density at radius 2 is 1.74 bits per heavy atom. The van der Waals surface area contributed by atoms with Crippen molar-refractivity contribution in [1.82, 2.24) is 0 Å². The fraction of sp³-hybridized carbons (Fsp3) is 0.550. The Morgan fingerprint density at radius 1 is 1.09 bits per heavy atom. The van der Waals surface area contributed by atoms with E-state index >= 15 is 0 Å². The number of fused-ring (bicyclic) bond motifs is 1. The summed E-state index contributed by atoms with van der Waals surface area (Å²) in [6, 6.07) is 14.6. The molecule has 1 fully saturated rings. The van der Waals surface area contributed by atoms with E-state index in [0.29, 0.717) is 5.92 Å². The van der Waals surface area contributed by atoms with E-state index in [-0.39, 0.29) is 6.10 Å². The van der Waals surface area contributed by atoms with E-state index in [1.54, 1.807) is 0 Å². The summed E-state index contributed by atoms with van der Waals surface area (Å²) in [6.45, 7) is 10.1. The van der Waals surface area contributed by atoms with Crippen LogP contribution in [0.5, 0.6) is 0 Å². The van der Waals surface area contributed by atoms with Gasteiger partial charge in [0.1, 0.15) is 0 Å². The van der Waals surface area contributed by atoms with Gasteiger partial charge in [0.05, 0.1) is 12.7 Å². The van der Waals surface area contributed by atoms with E-state index in [2.05, 4.69) is 58.0 Å². The highest BCUT2D eigenvalue weighted by Gasteiger charge is 2.40. The Kier molecular flexibility index (Phi) is 4.88. The molecule has 1 saturated heterocycles. The van der Waals surface area contributed by atoms with Crippen LogP contribution in [0.25, 0.3) is 5.57 Å². The van der Waals surface area contributed by atoms with Crippen LogP contribution in [0.3, 0.4) is 0 Å². The van der Waals surface area contributed by atoms with Crippen LogP contribution in [0.15, 0.2) is 40.6 Å². The summed E-state index contributed by atoms with van der Waals surface area (Å²) >= 11 is 0. The van der Waals surface area contributed by atoms with Gasteiger partial charge in [-0.1, -0.05) is 51.1 Å². The van der Waals surface area contributed by atoms with Crippen LogP contribution in [-0.4, -0.2) is 26.7 Å². The van der Waals surface area contributed by atoms with Crippen molar-refractivity contribution < 1.29 is 4.74 Å². The first-order chi connectivity index (χ1) is 11.1. The molecule has 3 rings (SSSR count). The van der Waals surface area contributed by atoms with Crippen molar-refractivity contribution in [3.63, 3.8) is 0 Å². The molecule has 0 amide bonds. The lowest BCUT2D eigenvalue weighted by Gasteiger charge is -2.24. The molecule has 0 aromatic heterocycles. The molecule has 2 aliphatic rings. The lowest BCUT2D eigenvalue weighted by Crippen LogP contribution is -2.30. The van der Waals surface area contributed by atoms with Gasteiger partial charge in [0, 0.05) is 17.2 Å². The quantitative estimate of drug-likeness (QED) is 0.670. The maximum Gasteiger partial charge on any atom is 0.180 e. The van der Waals surface area contributed by atoms with Gasteiger partial charge < -0.3 is 9.39 Å². The van der Waals surface area contributed by atoms with Crippen LogP contribution >= 0.6 is 0 Å². The van der Waals surface area contributed by atoms with Gasteiger partial charge in [-0.25, -0.2) is 0 Å². The van der Waals surface area contributed by atoms with E-state index in [9.17, 15) is 0 Å². The SMILES string of the molecule is CC[Si](CC)(CC)/N=C1\CC2COC(C)C2=C1c1ccccc1. The average molecular weight is 328 g/mol. The predicted molar refractivity (Wildman–Crippen MR) is 102 cm³/mol. The zero-order valence-corrected chi connectivity index (χ0v) is 15.9. The number of nitrogens with zero attached hydrogens (tertiary/aromatic N) is 1. The van der Waals surface area contributed by atoms with Gasteiger partial charge in [0.2, 0.25) is 0 Å². The van der Waals surface area contributed by atoms with Gasteiger partial charge in [0.15, 0.2) is 8.24 Å². The third-order valence-corrected chi connectivity index (χ3v) is 10.5. The fourth-order valence-electron chi connectivity index (χ4n) is 4.16. The van der Waals surface area contributed by atoms with Crippen LogP contribution in [0, 0.1) is 5.92 Å². The van der Waals surface area contributed by atoms with E-state index in [1.165, 1.54) is 40.6 Å². The standard InChI is InChI=1S/C20H29NOSi/c1-5-23(6-2,7-3)21-18-13-17-14-22-15(4)19(17)20(18)16-11-9-8-10-12-16/h8-12,15,17H,5-7,13-14H2,1-4H3/b21-18+. The molecular formula is C20H29NOSi. The Balaban J connectivity index is 2.11. The predicted octanol–water partition coefficient (Wildman–Crippen LogP) is 5.33. The molecule has 0 spiro atoms. The van der Waals surface area contributed by atoms with Gasteiger partial charge >= 0.3 is 0 Å². The zero-order valence-electron chi connectivity index (χ0n) is 14.9. The van der Waals surface area contributed by atoms with Crippen LogP contribution in [0.2, 0.25) is 18.1 Å². The molecule has 3 heteroatoms. The number of benzene rings is 1. The van der Waals surface area contributed by atoms with Gasteiger partial charge in [-0.15, -0.1) is 0 Å². The third-order valence-electron chi connectivity index (χ3n) is 5.85. The second-order valence-corrected chi connectivity index (χ2v) is 11.7. The van der Waals surface area contributed by atoms with E-state index in [0.717, 1.165) is 13.0 Å². The molecule has 1 aromatic carbocycles. The Hall–Kier alpha value is -1.19.